The van der Waals surface area contributed by atoms with Crippen LogP contribution >= 0.6 is 0 Å². The molecule has 1 aromatic heterocycles. The van der Waals surface area contributed by atoms with Gasteiger partial charge < -0.3 is 14.6 Å². The van der Waals surface area contributed by atoms with Crippen LogP contribution in [0.5, 0.6) is 5.75 Å². The third kappa shape index (κ3) is 4.30. The van der Waals surface area contributed by atoms with Crippen molar-refractivity contribution in [2.45, 2.75) is 45.4 Å². The smallest absolute Gasteiger partial charge is 0.427 e. The van der Waals surface area contributed by atoms with E-state index in [0.29, 0.717) is 5.82 Å². The van der Waals surface area contributed by atoms with Crippen LogP contribution in [0.3, 0.4) is 0 Å². The van der Waals surface area contributed by atoms with Crippen LogP contribution in [0, 0.1) is 0 Å². The van der Waals surface area contributed by atoms with E-state index in [2.05, 4.69) is 20.3 Å². The molecule has 0 saturated heterocycles. The normalized spacial score (nSPS) is 13.1. The molecule has 0 aliphatic heterocycles. The second-order valence-electron chi connectivity index (χ2n) is 5.85. The lowest BCUT2D eigenvalue weighted by Gasteiger charge is -2.20. The summed E-state index contributed by atoms with van der Waals surface area (Å²) in [4.78, 5) is 12.4. The topological polar surface area (TPSA) is 69.0 Å². The fraction of sp³-hybridized carbons (Fsp3) is 0.438. The van der Waals surface area contributed by atoms with E-state index in [0.717, 1.165) is 6.07 Å². The molecular formula is C16H18F4N4O2. The van der Waals surface area contributed by atoms with Crippen molar-refractivity contribution in [2.75, 3.05) is 0 Å². The molecule has 142 valence electrons. The van der Waals surface area contributed by atoms with Gasteiger partial charge in [0.25, 0.3) is 5.91 Å². The van der Waals surface area contributed by atoms with E-state index in [4.69, 9.17) is 0 Å². The second-order valence-corrected chi connectivity index (χ2v) is 5.85. The number of hydrogen-bond acceptors (Lipinski definition) is 4. The molecule has 1 amide bonds. The highest BCUT2D eigenvalue weighted by Crippen LogP contribution is 2.30. The van der Waals surface area contributed by atoms with Gasteiger partial charge >= 0.3 is 12.5 Å². The molecule has 0 saturated carbocycles. The molecule has 1 N–H and O–H groups in total. The van der Waals surface area contributed by atoms with Crippen molar-refractivity contribution in [1.29, 1.82) is 0 Å². The van der Waals surface area contributed by atoms with E-state index >= 15 is 0 Å². The summed E-state index contributed by atoms with van der Waals surface area (Å²) < 4.78 is 56.9. The van der Waals surface area contributed by atoms with Crippen molar-refractivity contribution in [3.05, 3.63) is 42.0 Å². The minimum atomic E-state index is -4.71. The van der Waals surface area contributed by atoms with Gasteiger partial charge in [-0.15, -0.1) is 10.2 Å². The highest BCUT2D eigenvalue weighted by Gasteiger charge is 2.44. The number of amides is 1. The minimum Gasteiger partial charge on any atom is -0.427 e. The molecule has 1 aromatic carbocycles. The number of halogens is 4. The number of hydrogen-bond donors (Lipinski definition) is 1. The van der Waals surface area contributed by atoms with Gasteiger partial charge in [0.15, 0.2) is 5.82 Å². The molecule has 0 fully saturated rings. The van der Waals surface area contributed by atoms with Crippen molar-refractivity contribution in [3.63, 3.8) is 0 Å². The van der Waals surface area contributed by atoms with Crippen LogP contribution in [-0.2, 0) is 0 Å². The number of rotatable bonds is 7. The van der Waals surface area contributed by atoms with Gasteiger partial charge in [-0.3, -0.25) is 4.79 Å². The zero-order valence-electron chi connectivity index (χ0n) is 14.3. The highest BCUT2D eigenvalue weighted by atomic mass is 19.3. The Kier molecular flexibility index (Phi) is 5.83. The fourth-order valence-corrected chi connectivity index (χ4v) is 2.23. The molecular weight excluding hydrogens is 356 g/mol. The lowest BCUT2D eigenvalue weighted by Crippen LogP contribution is -2.35. The average molecular weight is 374 g/mol. The number of para-hydroxylation sites is 1. The van der Waals surface area contributed by atoms with E-state index < -0.39 is 30.2 Å². The first-order chi connectivity index (χ1) is 12.1. The van der Waals surface area contributed by atoms with E-state index in [9.17, 15) is 22.4 Å². The SMILES string of the molecule is CC(C)n1cnnc1[C@@H](C)NC(=O)c1ccccc1OC(F)(F)C(F)F. The standard InChI is InChI=1S/C16H18F4N4O2/c1-9(2)24-8-21-23-13(24)10(3)22-14(25)11-6-4-5-7-12(11)26-16(19,20)15(17)18/h4-10,15H,1-3H3,(H,22,25)/t10-/m1/s1. The van der Waals surface area contributed by atoms with Gasteiger partial charge in [0.2, 0.25) is 0 Å². The molecule has 26 heavy (non-hydrogen) atoms. The number of benzene rings is 1. The van der Waals surface area contributed by atoms with Crippen molar-refractivity contribution >= 4 is 5.91 Å². The minimum absolute atomic E-state index is 0.0414. The molecule has 0 radical (unpaired) electrons. The predicted molar refractivity (Wildman–Crippen MR) is 84.3 cm³/mol. The number of ether oxygens (including phenoxy) is 1. The molecule has 1 heterocycles. The number of carbonyl (C=O) groups is 1. The van der Waals surface area contributed by atoms with Crippen LogP contribution in [0.15, 0.2) is 30.6 Å². The summed E-state index contributed by atoms with van der Waals surface area (Å²) in [6.07, 6.45) is -7.23. The lowest BCUT2D eigenvalue weighted by molar-refractivity contribution is -0.253. The van der Waals surface area contributed by atoms with Crippen molar-refractivity contribution in [2.24, 2.45) is 0 Å². The van der Waals surface area contributed by atoms with Gasteiger partial charge in [-0.25, -0.2) is 0 Å². The van der Waals surface area contributed by atoms with Gasteiger partial charge in [0.1, 0.15) is 12.1 Å². The lowest BCUT2D eigenvalue weighted by atomic mass is 10.1. The maximum atomic E-state index is 13.2. The summed E-state index contributed by atoms with van der Waals surface area (Å²) in [6, 6.07) is 4.37. The number of nitrogens with zero attached hydrogens (tertiary/aromatic N) is 3. The van der Waals surface area contributed by atoms with Crippen LogP contribution in [0.1, 0.15) is 49.0 Å². The highest BCUT2D eigenvalue weighted by molar-refractivity contribution is 5.97. The van der Waals surface area contributed by atoms with E-state index in [1.807, 2.05) is 13.8 Å². The Morgan fingerprint density at radius 2 is 1.88 bits per heavy atom. The monoisotopic (exact) mass is 374 g/mol. The maximum absolute atomic E-state index is 13.2. The van der Waals surface area contributed by atoms with Crippen molar-refractivity contribution in [3.8, 4) is 5.75 Å². The first-order valence-corrected chi connectivity index (χ1v) is 7.77. The summed E-state index contributed by atoms with van der Waals surface area (Å²) in [6.45, 7) is 5.44. The fourth-order valence-electron chi connectivity index (χ4n) is 2.23. The third-order valence-corrected chi connectivity index (χ3v) is 3.52. The Morgan fingerprint density at radius 3 is 2.50 bits per heavy atom. The molecule has 0 aliphatic rings. The summed E-state index contributed by atoms with van der Waals surface area (Å²) in [5.41, 5.74) is -0.296. The number of carbonyl (C=O) groups excluding carboxylic acids is 1. The Bertz CT molecular complexity index is 764. The maximum Gasteiger partial charge on any atom is 0.461 e. The summed E-state index contributed by atoms with van der Waals surface area (Å²) >= 11 is 0. The molecule has 0 unspecified atom stereocenters. The van der Waals surface area contributed by atoms with Crippen LogP contribution in [0.2, 0.25) is 0 Å². The van der Waals surface area contributed by atoms with Gasteiger partial charge in [-0.2, -0.15) is 17.6 Å². The van der Waals surface area contributed by atoms with Crippen LogP contribution in [0.25, 0.3) is 0 Å². The quantitative estimate of drug-likeness (QED) is 0.752. The summed E-state index contributed by atoms with van der Waals surface area (Å²) in [5.74, 6) is -0.950. The van der Waals surface area contributed by atoms with Gasteiger partial charge in [-0.05, 0) is 32.9 Å². The van der Waals surface area contributed by atoms with Crippen molar-refractivity contribution in [1.82, 2.24) is 20.1 Å². The summed E-state index contributed by atoms with van der Waals surface area (Å²) in [5, 5.41) is 10.3. The molecule has 6 nitrogen and oxygen atoms in total. The Labute approximate surface area is 147 Å². The third-order valence-electron chi connectivity index (χ3n) is 3.52. The largest absolute Gasteiger partial charge is 0.461 e. The summed E-state index contributed by atoms with van der Waals surface area (Å²) in [7, 11) is 0. The van der Waals surface area contributed by atoms with Crippen LogP contribution < -0.4 is 10.1 Å². The van der Waals surface area contributed by atoms with Crippen LogP contribution in [-0.4, -0.2) is 33.2 Å². The molecule has 0 bridgehead atoms. The van der Waals surface area contributed by atoms with Gasteiger partial charge in [-0.1, -0.05) is 12.1 Å². The first-order valence-electron chi connectivity index (χ1n) is 7.77. The molecule has 1 atom stereocenters. The van der Waals surface area contributed by atoms with E-state index in [-0.39, 0.29) is 11.6 Å². The molecule has 10 heteroatoms. The molecule has 0 spiro atoms. The molecule has 2 aromatic rings. The number of nitrogens with one attached hydrogen (secondary N) is 1. The zero-order chi connectivity index (χ0) is 19.5. The number of aromatic nitrogens is 3. The Morgan fingerprint density at radius 1 is 1.23 bits per heavy atom. The molecule has 2 rings (SSSR count). The van der Waals surface area contributed by atoms with Crippen molar-refractivity contribution < 1.29 is 27.1 Å². The van der Waals surface area contributed by atoms with Crippen LogP contribution in [0.4, 0.5) is 17.6 Å². The average Bonchev–Trinajstić information content (AvgIpc) is 3.04. The number of alkyl halides is 4. The first kappa shape index (κ1) is 19.7. The van der Waals surface area contributed by atoms with Gasteiger partial charge in [0, 0.05) is 6.04 Å². The van der Waals surface area contributed by atoms with E-state index in [1.54, 1.807) is 11.5 Å². The zero-order valence-corrected chi connectivity index (χ0v) is 14.3. The van der Waals surface area contributed by atoms with E-state index in [1.165, 1.54) is 24.5 Å². The molecule has 0 aliphatic carbocycles. The Hall–Kier alpha value is -2.65. The predicted octanol–water partition coefficient (Wildman–Crippen LogP) is 3.59. The Balaban J connectivity index is 2.21. The second kappa shape index (κ2) is 7.71. The van der Waals surface area contributed by atoms with Gasteiger partial charge in [0.05, 0.1) is 11.6 Å².